The number of halogens is 1. The third-order valence-electron chi connectivity index (χ3n) is 3.92. The summed E-state index contributed by atoms with van der Waals surface area (Å²) in [6.45, 7) is 3.58. The Morgan fingerprint density at radius 3 is 2.95 bits per heavy atom. The van der Waals surface area contributed by atoms with Gasteiger partial charge in [-0.2, -0.15) is 0 Å². The Bertz CT molecular complexity index is 470. The lowest BCUT2D eigenvalue weighted by Crippen LogP contribution is -2.38. The molecule has 1 aliphatic heterocycles. The summed E-state index contributed by atoms with van der Waals surface area (Å²) in [7, 11) is 1.74. The second-order valence-electron chi connectivity index (χ2n) is 5.65. The molecule has 1 aromatic rings. The molecule has 2 rings (SSSR count). The molecule has 1 atom stereocenters. The lowest BCUT2D eigenvalue weighted by atomic mass is 10.0. The molecule has 110 valence electrons. The number of amides is 1. The van der Waals surface area contributed by atoms with E-state index in [0.29, 0.717) is 12.6 Å². The molecule has 0 radical (unpaired) electrons. The number of piperidine rings is 1. The van der Waals surface area contributed by atoms with Gasteiger partial charge in [0.05, 0.1) is 5.56 Å². The van der Waals surface area contributed by atoms with Gasteiger partial charge < -0.3 is 10.2 Å². The van der Waals surface area contributed by atoms with Gasteiger partial charge in [-0.3, -0.25) is 4.79 Å². The molecule has 0 aromatic heterocycles. The number of carbonyl (C=O) groups excluding carboxylic acids is 1. The molecule has 20 heavy (non-hydrogen) atoms. The van der Waals surface area contributed by atoms with E-state index in [1.807, 2.05) is 6.92 Å². The summed E-state index contributed by atoms with van der Waals surface area (Å²) in [4.78, 5) is 13.9. The zero-order valence-electron chi connectivity index (χ0n) is 12.3. The fourth-order valence-corrected chi connectivity index (χ4v) is 2.63. The number of rotatable bonds is 4. The molecule has 1 heterocycles. The average molecular weight is 278 g/mol. The van der Waals surface area contributed by atoms with Crippen LogP contribution in [0.1, 0.15) is 41.6 Å². The Morgan fingerprint density at radius 1 is 1.45 bits per heavy atom. The van der Waals surface area contributed by atoms with Crippen molar-refractivity contribution in [1.29, 1.82) is 0 Å². The molecule has 1 saturated heterocycles. The minimum atomic E-state index is -0.441. The van der Waals surface area contributed by atoms with Gasteiger partial charge in [0.2, 0.25) is 0 Å². The van der Waals surface area contributed by atoms with Gasteiger partial charge in [0.25, 0.3) is 5.91 Å². The summed E-state index contributed by atoms with van der Waals surface area (Å²) in [5, 5.41) is 3.46. The first-order chi connectivity index (χ1) is 9.58. The summed E-state index contributed by atoms with van der Waals surface area (Å²) in [5.41, 5.74) is 1.07. The Kier molecular flexibility index (Phi) is 5.12. The molecule has 1 aromatic carbocycles. The molecule has 3 nitrogen and oxygen atoms in total. The first-order valence-corrected chi connectivity index (χ1v) is 7.33. The van der Waals surface area contributed by atoms with Gasteiger partial charge >= 0.3 is 0 Å². The van der Waals surface area contributed by atoms with Crippen molar-refractivity contribution in [2.75, 3.05) is 20.1 Å². The summed E-state index contributed by atoms with van der Waals surface area (Å²) >= 11 is 0. The van der Waals surface area contributed by atoms with E-state index in [-0.39, 0.29) is 11.5 Å². The molecule has 0 aliphatic carbocycles. The molecule has 1 fully saturated rings. The number of nitrogens with one attached hydrogen (secondary N) is 1. The van der Waals surface area contributed by atoms with E-state index in [2.05, 4.69) is 5.32 Å². The van der Waals surface area contributed by atoms with Crippen LogP contribution in [-0.2, 0) is 0 Å². The largest absolute Gasteiger partial charge is 0.342 e. The molecule has 1 N–H and O–H groups in total. The van der Waals surface area contributed by atoms with Crippen LogP contribution in [0, 0.1) is 12.7 Å². The molecule has 1 unspecified atom stereocenters. The van der Waals surface area contributed by atoms with Crippen LogP contribution in [-0.4, -0.2) is 37.0 Å². The topological polar surface area (TPSA) is 32.3 Å². The highest BCUT2D eigenvalue weighted by Gasteiger charge is 2.18. The van der Waals surface area contributed by atoms with Crippen LogP contribution in [0.15, 0.2) is 18.2 Å². The van der Waals surface area contributed by atoms with Gasteiger partial charge in [0.1, 0.15) is 5.82 Å². The SMILES string of the molecule is Cc1ccc(F)c(C(=O)N(C)CCC2CCCCN2)c1. The van der Waals surface area contributed by atoms with Crippen LogP contribution < -0.4 is 5.32 Å². The Morgan fingerprint density at radius 2 is 2.25 bits per heavy atom. The highest BCUT2D eigenvalue weighted by molar-refractivity contribution is 5.94. The Balaban J connectivity index is 1.92. The van der Waals surface area contributed by atoms with Crippen LogP contribution in [0.4, 0.5) is 4.39 Å². The second-order valence-corrected chi connectivity index (χ2v) is 5.65. The maximum Gasteiger partial charge on any atom is 0.256 e. The summed E-state index contributed by atoms with van der Waals surface area (Å²) < 4.78 is 13.7. The van der Waals surface area contributed by atoms with Gasteiger partial charge in [-0.1, -0.05) is 18.1 Å². The number of aryl methyl sites for hydroxylation is 1. The predicted octanol–water partition coefficient (Wildman–Crippen LogP) is 2.74. The van der Waals surface area contributed by atoms with Crippen molar-refractivity contribution in [2.45, 2.75) is 38.6 Å². The number of nitrogens with zero attached hydrogens (tertiary/aromatic N) is 1. The van der Waals surface area contributed by atoms with Crippen LogP contribution in [0.3, 0.4) is 0 Å². The number of hydrogen-bond acceptors (Lipinski definition) is 2. The van der Waals surface area contributed by atoms with E-state index < -0.39 is 5.82 Å². The van der Waals surface area contributed by atoms with E-state index in [1.54, 1.807) is 24.1 Å². The standard InChI is InChI=1S/C16H23FN2O/c1-12-6-7-15(17)14(11-12)16(20)19(2)10-8-13-5-3-4-9-18-13/h6-7,11,13,18H,3-5,8-10H2,1-2H3. The molecular weight excluding hydrogens is 255 g/mol. The number of hydrogen-bond donors (Lipinski definition) is 1. The third kappa shape index (κ3) is 3.79. The van der Waals surface area contributed by atoms with Crippen molar-refractivity contribution >= 4 is 5.91 Å². The fraction of sp³-hybridized carbons (Fsp3) is 0.562. The van der Waals surface area contributed by atoms with E-state index in [4.69, 9.17) is 0 Å². The second kappa shape index (κ2) is 6.84. The van der Waals surface area contributed by atoms with Crippen LogP contribution in [0.25, 0.3) is 0 Å². The first kappa shape index (κ1) is 15.0. The molecular formula is C16H23FN2O. The van der Waals surface area contributed by atoms with Crippen molar-refractivity contribution in [3.63, 3.8) is 0 Å². The van der Waals surface area contributed by atoms with Crippen LogP contribution >= 0.6 is 0 Å². The fourth-order valence-electron chi connectivity index (χ4n) is 2.63. The Hall–Kier alpha value is -1.42. The van der Waals surface area contributed by atoms with Gasteiger partial charge in [0, 0.05) is 19.6 Å². The zero-order chi connectivity index (χ0) is 14.5. The minimum absolute atomic E-state index is 0.170. The lowest BCUT2D eigenvalue weighted by Gasteiger charge is -2.26. The molecule has 1 aliphatic rings. The number of carbonyl (C=O) groups is 1. The Labute approximate surface area is 120 Å². The van der Waals surface area contributed by atoms with Crippen LogP contribution in [0.5, 0.6) is 0 Å². The molecule has 0 bridgehead atoms. The zero-order valence-corrected chi connectivity index (χ0v) is 12.3. The van der Waals surface area contributed by atoms with E-state index in [1.165, 1.54) is 25.3 Å². The van der Waals surface area contributed by atoms with Crippen molar-refractivity contribution in [3.8, 4) is 0 Å². The third-order valence-corrected chi connectivity index (χ3v) is 3.92. The van der Waals surface area contributed by atoms with Gasteiger partial charge in [-0.15, -0.1) is 0 Å². The summed E-state index contributed by atoms with van der Waals surface area (Å²) in [6, 6.07) is 5.14. The van der Waals surface area contributed by atoms with Gasteiger partial charge in [-0.05, 0) is 44.9 Å². The molecule has 0 saturated carbocycles. The molecule has 0 spiro atoms. The minimum Gasteiger partial charge on any atom is -0.342 e. The first-order valence-electron chi connectivity index (χ1n) is 7.33. The summed E-state index contributed by atoms with van der Waals surface area (Å²) in [6.07, 6.45) is 4.58. The quantitative estimate of drug-likeness (QED) is 0.918. The van der Waals surface area contributed by atoms with E-state index in [9.17, 15) is 9.18 Å². The highest BCUT2D eigenvalue weighted by atomic mass is 19.1. The number of benzene rings is 1. The smallest absolute Gasteiger partial charge is 0.256 e. The van der Waals surface area contributed by atoms with E-state index in [0.717, 1.165) is 18.5 Å². The lowest BCUT2D eigenvalue weighted by molar-refractivity contribution is 0.0783. The molecule has 1 amide bonds. The molecule has 4 heteroatoms. The van der Waals surface area contributed by atoms with Crippen molar-refractivity contribution in [2.24, 2.45) is 0 Å². The predicted molar refractivity (Wildman–Crippen MR) is 78.4 cm³/mol. The maximum absolute atomic E-state index is 13.7. The van der Waals surface area contributed by atoms with Gasteiger partial charge in [-0.25, -0.2) is 4.39 Å². The van der Waals surface area contributed by atoms with Gasteiger partial charge in [0.15, 0.2) is 0 Å². The van der Waals surface area contributed by atoms with E-state index >= 15 is 0 Å². The van der Waals surface area contributed by atoms with Crippen LogP contribution in [0.2, 0.25) is 0 Å². The normalized spacial score (nSPS) is 18.9. The van der Waals surface area contributed by atoms with Crippen molar-refractivity contribution < 1.29 is 9.18 Å². The van der Waals surface area contributed by atoms with Crippen molar-refractivity contribution in [1.82, 2.24) is 10.2 Å². The highest BCUT2D eigenvalue weighted by Crippen LogP contribution is 2.14. The monoisotopic (exact) mass is 278 g/mol. The average Bonchev–Trinajstić information content (AvgIpc) is 2.47. The maximum atomic E-state index is 13.7. The van der Waals surface area contributed by atoms with Crippen molar-refractivity contribution in [3.05, 3.63) is 35.1 Å². The summed E-state index contributed by atoms with van der Waals surface area (Å²) in [5.74, 6) is -0.676.